The maximum Gasteiger partial charge on any atom is 0.191 e. The van der Waals surface area contributed by atoms with E-state index < -0.39 is 11.6 Å². The normalized spacial score (nSPS) is 28.6. The van der Waals surface area contributed by atoms with E-state index in [-0.39, 0.29) is 29.4 Å². The van der Waals surface area contributed by atoms with E-state index in [1.165, 1.54) is 25.3 Å². The molecule has 0 amide bonds. The Labute approximate surface area is 170 Å². The number of hydrogen-bond acceptors (Lipinski definition) is 2. The Balaban J connectivity index is 0.00000196. The van der Waals surface area contributed by atoms with Crippen molar-refractivity contribution in [2.75, 3.05) is 13.2 Å². The molecule has 1 heterocycles. The second-order valence-corrected chi connectivity index (χ2v) is 7.40. The Kier molecular flexibility index (Phi) is 6.06. The van der Waals surface area contributed by atoms with Crippen molar-refractivity contribution in [3.05, 3.63) is 35.4 Å². The SMILES string of the molecule is CCNC(=NCc1ccc(F)c(F)c1)NC1C2CCOC2C12CCC2.I. The summed E-state index contributed by atoms with van der Waals surface area (Å²) in [5.41, 5.74) is 0.935. The third kappa shape index (κ3) is 3.32. The second kappa shape index (κ2) is 7.96. The number of ether oxygens (including phenoxy) is 1. The van der Waals surface area contributed by atoms with Gasteiger partial charge in [-0.1, -0.05) is 12.5 Å². The van der Waals surface area contributed by atoms with Crippen molar-refractivity contribution in [2.24, 2.45) is 16.3 Å². The van der Waals surface area contributed by atoms with Crippen molar-refractivity contribution < 1.29 is 13.5 Å². The Hall–Kier alpha value is -0.960. The highest BCUT2D eigenvalue weighted by molar-refractivity contribution is 14.0. The number of nitrogens with zero attached hydrogens (tertiary/aromatic N) is 1. The molecule has 0 radical (unpaired) electrons. The van der Waals surface area contributed by atoms with E-state index >= 15 is 0 Å². The van der Waals surface area contributed by atoms with Crippen LogP contribution < -0.4 is 10.6 Å². The predicted molar refractivity (Wildman–Crippen MR) is 108 cm³/mol. The van der Waals surface area contributed by atoms with E-state index in [0.717, 1.165) is 31.6 Å². The lowest BCUT2D eigenvalue weighted by atomic mass is 9.46. The first-order chi connectivity index (χ1) is 12.1. The summed E-state index contributed by atoms with van der Waals surface area (Å²) in [4.78, 5) is 4.58. The van der Waals surface area contributed by atoms with Crippen molar-refractivity contribution in [2.45, 2.75) is 51.3 Å². The highest BCUT2D eigenvalue weighted by Crippen LogP contribution is 2.62. The van der Waals surface area contributed by atoms with Gasteiger partial charge in [-0.05, 0) is 43.9 Å². The monoisotopic (exact) mass is 477 g/mol. The summed E-state index contributed by atoms with van der Waals surface area (Å²) in [5, 5.41) is 6.88. The van der Waals surface area contributed by atoms with Gasteiger partial charge in [0, 0.05) is 30.5 Å². The zero-order valence-corrected chi connectivity index (χ0v) is 17.3. The number of fused-ring (bicyclic) bond motifs is 2. The first-order valence-corrected chi connectivity index (χ1v) is 9.24. The van der Waals surface area contributed by atoms with Gasteiger partial charge in [0.2, 0.25) is 0 Å². The fourth-order valence-electron chi connectivity index (χ4n) is 4.73. The fraction of sp³-hybridized carbons (Fsp3) is 0.632. The Morgan fingerprint density at radius 2 is 2.12 bits per heavy atom. The summed E-state index contributed by atoms with van der Waals surface area (Å²) in [6.45, 7) is 3.96. The van der Waals surface area contributed by atoms with Crippen LogP contribution in [0.25, 0.3) is 0 Å². The summed E-state index contributed by atoms with van der Waals surface area (Å²) < 4.78 is 32.4. The van der Waals surface area contributed by atoms with Crippen molar-refractivity contribution in [1.82, 2.24) is 10.6 Å². The fourth-order valence-corrected chi connectivity index (χ4v) is 4.73. The minimum Gasteiger partial charge on any atom is -0.377 e. The van der Waals surface area contributed by atoms with Crippen LogP contribution in [0.15, 0.2) is 23.2 Å². The van der Waals surface area contributed by atoms with Crippen LogP contribution in [0.2, 0.25) is 0 Å². The van der Waals surface area contributed by atoms with Crippen LogP contribution in [0.5, 0.6) is 0 Å². The molecule has 2 aliphatic carbocycles. The number of halogens is 3. The molecule has 1 saturated heterocycles. The molecular formula is C19H26F2IN3O. The zero-order chi connectivity index (χ0) is 17.4. The maximum atomic E-state index is 13.4. The van der Waals surface area contributed by atoms with Crippen molar-refractivity contribution in [1.29, 1.82) is 0 Å². The van der Waals surface area contributed by atoms with Crippen LogP contribution in [0, 0.1) is 23.0 Å². The molecule has 2 saturated carbocycles. The molecule has 3 atom stereocenters. The van der Waals surface area contributed by atoms with Gasteiger partial charge in [-0.3, -0.25) is 0 Å². The molecule has 1 aliphatic heterocycles. The Bertz CT molecular complexity index is 681. The van der Waals surface area contributed by atoms with Crippen LogP contribution >= 0.6 is 24.0 Å². The molecular weight excluding hydrogens is 451 g/mol. The number of hydrogen-bond donors (Lipinski definition) is 2. The lowest BCUT2D eigenvalue weighted by Gasteiger charge is -2.63. The molecule has 2 N–H and O–H groups in total. The minimum absolute atomic E-state index is 0. The molecule has 3 unspecified atom stereocenters. The van der Waals surface area contributed by atoms with E-state index in [4.69, 9.17) is 4.74 Å². The van der Waals surface area contributed by atoms with Crippen LogP contribution in [0.3, 0.4) is 0 Å². The Morgan fingerprint density at radius 1 is 1.31 bits per heavy atom. The molecule has 1 aromatic rings. The topological polar surface area (TPSA) is 45.7 Å². The molecule has 0 bridgehead atoms. The highest BCUT2D eigenvalue weighted by atomic mass is 127. The van der Waals surface area contributed by atoms with Gasteiger partial charge in [0.25, 0.3) is 0 Å². The quantitative estimate of drug-likeness (QED) is 0.396. The summed E-state index contributed by atoms with van der Waals surface area (Å²) in [7, 11) is 0. The molecule has 1 spiro atoms. The van der Waals surface area contributed by atoms with Crippen molar-refractivity contribution >= 4 is 29.9 Å². The first-order valence-electron chi connectivity index (χ1n) is 9.24. The maximum absolute atomic E-state index is 13.4. The van der Waals surface area contributed by atoms with Crippen LogP contribution in [-0.4, -0.2) is 31.3 Å². The van der Waals surface area contributed by atoms with E-state index in [2.05, 4.69) is 15.6 Å². The van der Waals surface area contributed by atoms with Gasteiger partial charge < -0.3 is 15.4 Å². The molecule has 7 heteroatoms. The van der Waals surface area contributed by atoms with Gasteiger partial charge in [-0.2, -0.15) is 0 Å². The van der Waals surface area contributed by atoms with E-state index in [1.807, 2.05) is 6.92 Å². The molecule has 144 valence electrons. The Morgan fingerprint density at radius 3 is 2.77 bits per heavy atom. The number of benzene rings is 1. The zero-order valence-electron chi connectivity index (χ0n) is 14.9. The third-order valence-corrected chi connectivity index (χ3v) is 6.08. The van der Waals surface area contributed by atoms with Crippen LogP contribution in [0.4, 0.5) is 8.78 Å². The predicted octanol–water partition coefficient (Wildman–Crippen LogP) is 3.60. The number of guanidine groups is 1. The summed E-state index contributed by atoms with van der Waals surface area (Å²) in [6.07, 6.45) is 5.22. The average Bonchev–Trinajstić information content (AvgIpc) is 2.97. The van der Waals surface area contributed by atoms with E-state index in [0.29, 0.717) is 30.2 Å². The third-order valence-electron chi connectivity index (χ3n) is 6.08. The van der Waals surface area contributed by atoms with Gasteiger partial charge in [-0.25, -0.2) is 13.8 Å². The molecule has 26 heavy (non-hydrogen) atoms. The van der Waals surface area contributed by atoms with Gasteiger partial charge in [-0.15, -0.1) is 24.0 Å². The van der Waals surface area contributed by atoms with Gasteiger partial charge >= 0.3 is 0 Å². The smallest absolute Gasteiger partial charge is 0.191 e. The molecule has 3 aliphatic rings. The minimum atomic E-state index is -0.830. The van der Waals surface area contributed by atoms with Gasteiger partial charge in [0.05, 0.1) is 12.6 Å². The number of nitrogens with one attached hydrogen (secondary N) is 2. The second-order valence-electron chi connectivity index (χ2n) is 7.40. The number of rotatable bonds is 4. The van der Waals surface area contributed by atoms with Crippen LogP contribution in [0.1, 0.15) is 38.2 Å². The van der Waals surface area contributed by atoms with Crippen molar-refractivity contribution in [3.8, 4) is 0 Å². The summed E-state index contributed by atoms with van der Waals surface area (Å²) >= 11 is 0. The lowest BCUT2D eigenvalue weighted by Crippen LogP contribution is -2.72. The van der Waals surface area contributed by atoms with E-state index in [1.54, 1.807) is 6.07 Å². The average molecular weight is 477 g/mol. The summed E-state index contributed by atoms with van der Waals surface area (Å²) in [6, 6.07) is 4.33. The van der Waals surface area contributed by atoms with E-state index in [9.17, 15) is 8.78 Å². The van der Waals surface area contributed by atoms with Gasteiger partial charge in [0.1, 0.15) is 0 Å². The standard InChI is InChI=1S/C19H25F2N3O.HI/c1-2-22-18(23-11-12-4-5-14(20)15(21)10-12)24-16-13-6-9-25-17(13)19(16)7-3-8-19;/h4-5,10,13,16-17H,2-3,6-9,11H2,1H3,(H2,22,23,24);1H. The molecule has 4 rings (SSSR count). The highest BCUT2D eigenvalue weighted by Gasteiger charge is 2.66. The van der Waals surface area contributed by atoms with Crippen molar-refractivity contribution in [3.63, 3.8) is 0 Å². The molecule has 0 aromatic heterocycles. The molecule has 3 fully saturated rings. The molecule has 1 aromatic carbocycles. The first kappa shape index (κ1) is 19.8. The lowest BCUT2D eigenvalue weighted by molar-refractivity contribution is -0.171. The number of aliphatic imine (C=N–C) groups is 1. The summed E-state index contributed by atoms with van der Waals surface area (Å²) in [5.74, 6) is -0.350. The molecule has 4 nitrogen and oxygen atoms in total. The van der Waals surface area contributed by atoms with Crippen LogP contribution in [-0.2, 0) is 11.3 Å². The largest absolute Gasteiger partial charge is 0.377 e. The van der Waals surface area contributed by atoms with Gasteiger partial charge in [0.15, 0.2) is 17.6 Å².